The van der Waals surface area contributed by atoms with Crippen LogP contribution < -0.4 is 9.47 Å². The minimum atomic E-state index is -0.0975. The Bertz CT molecular complexity index is 1220. The summed E-state index contributed by atoms with van der Waals surface area (Å²) >= 11 is 0. The Balaban J connectivity index is 1.47. The molecule has 0 saturated carbocycles. The monoisotopic (exact) mass is 552 g/mol. The third kappa shape index (κ3) is 8.28. The molecule has 1 aliphatic rings. The van der Waals surface area contributed by atoms with Gasteiger partial charge in [0.15, 0.2) is 0 Å². The lowest BCUT2D eigenvalue weighted by atomic mass is 9.78. The van der Waals surface area contributed by atoms with Gasteiger partial charge in [0.05, 0.1) is 13.2 Å². The lowest BCUT2D eigenvalue weighted by molar-refractivity contribution is 0.304. The van der Waals surface area contributed by atoms with E-state index in [1.165, 1.54) is 97.6 Å². The molecule has 0 amide bonds. The van der Waals surface area contributed by atoms with Crippen LogP contribution in [0.1, 0.15) is 127 Å². The maximum Gasteiger partial charge on any atom is 0.119 e. The van der Waals surface area contributed by atoms with Crippen molar-refractivity contribution in [3.05, 3.63) is 95.1 Å². The fraction of sp³-hybridized carbons (Fsp3) is 0.487. The number of hydrogen-bond donors (Lipinski definition) is 0. The van der Waals surface area contributed by atoms with Crippen LogP contribution in [-0.2, 0) is 5.41 Å². The highest BCUT2D eigenvalue weighted by molar-refractivity contribution is 6.07. The molecule has 4 rings (SSSR count). The molecule has 3 aromatic rings. The molecule has 2 heteroatoms. The standard InChI is InChI=1S/C39H52O2/c1-5-7-9-11-13-17-29-40-33-25-21-31(22-26-33)37-35-19-15-16-20-36(35)39(3,4)38(37)32-23-27-34(28-24-32)41-30-18-14-12-10-8-6-2/h15-16,19-28H,5-14,17-18,29-30H2,1-4H3. The van der Waals surface area contributed by atoms with Gasteiger partial charge in [0.25, 0.3) is 0 Å². The van der Waals surface area contributed by atoms with Crippen LogP contribution in [0.5, 0.6) is 11.5 Å². The van der Waals surface area contributed by atoms with Gasteiger partial charge in [-0.2, -0.15) is 0 Å². The van der Waals surface area contributed by atoms with Gasteiger partial charge in [-0.05, 0) is 70.5 Å². The van der Waals surface area contributed by atoms with E-state index in [2.05, 4.69) is 100 Å². The van der Waals surface area contributed by atoms with Gasteiger partial charge in [-0.25, -0.2) is 0 Å². The van der Waals surface area contributed by atoms with Gasteiger partial charge >= 0.3 is 0 Å². The van der Waals surface area contributed by atoms with Crippen molar-refractivity contribution in [2.45, 2.75) is 110 Å². The van der Waals surface area contributed by atoms with E-state index in [0.717, 1.165) is 37.6 Å². The van der Waals surface area contributed by atoms with Gasteiger partial charge in [-0.3, -0.25) is 0 Å². The lowest BCUT2D eigenvalue weighted by Crippen LogP contribution is -2.16. The van der Waals surface area contributed by atoms with E-state index in [4.69, 9.17) is 9.47 Å². The van der Waals surface area contributed by atoms with E-state index in [1.807, 2.05) is 0 Å². The molecule has 220 valence electrons. The fourth-order valence-electron chi connectivity index (χ4n) is 6.21. The quantitative estimate of drug-likeness (QED) is 0.146. The van der Waals surface area contributed by atoms with Crippen LogP contribution in [0, 0.1) is 0 Å². The van der Waals surface area contributed by atoms with Crippen molar-refractivity contribution in [3.8, 4) is 11.5 Å². The minimum absolute atomic E-state index is 0.0975. The van der Waals surface area contributed by atoms with Crippen LogP contribution in [-0.4, -0.2) is 13.2 Å². The normalized spacial score (nSPS) is 13.9. The van der Waals surface area contributed by atoms with Crippen molar-refractivity contribution < 1.29 is 9.47 Å². The van der Waals surface area contributed by atoms with Crippen molar-refractivity contribution in [1.82, 2.24) is 0 Å². The zero-order valence-electron chi connectivity index (χ0n) is 26.1. The van der Waals surface area contributed by atoms with Gasteiger partial charge in [0, 0.05) is 5.41 Å². The Morgan fingerprint density at radius 2 is 0.976 bits per heavy atom. The summed E-state index contributed by atoms with van der Waals surface area (Å²) < 4.78 is 12.2. The first-order chi connectivity index (χ1) is 20.1. The fourth-order valence-corrected chi connectivity index (χ4v) is 6.21. The van der Waals surface area contributed by atoms with Crippen LogP contribution >= 0.6 is 0 Å². The maximum atomic E-state index is 6.10. The first kappa shape index (κ1) is 30.9. The molecule has 0 unspecified atom stereocenters. The zero-order valence-corrected chi connectivity index (χ0v) is 26.1. The summed E-state index contributed by atoms with van der Waals surface area (Å²) in [6.07, 6.45) is 15.3. The summed E-state index contributed by atoms with van der Waals surface area (Å²) in [4.78, 5) is 0. The predicted octanol–water partition coefficient (Wildman–Crippen LogP) is 11.4. The second-order valence-corrected chi connectivity index (χ2v) is 12.2. The highest BCUT2D eigenvalue weighted by Crippen LogP contribution is 2.53. The third-order valence-corrected chi connectivity index (χ3v) is 8.56. The van der Waals surface area contributed by atoms with E-state index in [-0.39, 0.29) is 5.41 Å². The molecule has 1 aliphatic carbocycles. The number of benzene rings is 3. The van der Waals surface area contributed by atoms with Crippen LogP contribution in [0.2, 0.25) is 0 Å². The molecule has 0 atom stereocenters. The molecule has 0 aromatic heterocycles. The Labute approximate surface area is 250 Å². The highest BCUT2D eigenvalue weighted by Gasteiger charge is 2.38. The van der Waals surface area contributed by atoms with Crippen molar-refractivity contribution >= 4 is 11.1 Å². The third-order valence-electron chi connectivity index (χ3n) is 8.56. The van der Waals surface area contributed by atoms with Gasteiger partial charge in [-0.1, -0.05) is 140 Å². The minimum Gasteiger partial charge on any atom is -0.494 e. The summed E-state index contributed by atoms with van der Waals surface area (Å²) in [5.74, 6) is 1.92. The average Bonchev–Trinajstić information content (AvgIpc) is 3.23. The predicted molar refractivity (Wildman–Crippen MR) is 176 cm³/mol. The molecule has 2 nitrogen and oxygen atoms in total. The van der Waals surface area contributed by atoms with E-state index >= 15 is 0 Å². The zero-order chi connectivity index (χ0) is 28.9. The molecule has 0 fully saturated rings. The summed E-state index contributed by atoms with van der Waals surface area (Å²) in [6, 6.07) is 26.4. The second kappa shape index (κ2) is 15.9. The van der Waals surface area contributed by atoms with Crippen molar-refractivity contribution in [2.75, 3.05) is 13.2 Å². The summed E-state index contributed by atoms with van der Waals surface area (Å²) in [7, 11) is 0. The Morgan fingerprint density at radius 3 is 1.51 bits per heavy atom. The summed E-state index contributed by atoms with van der Waals surface area (Å²) in [5, 5.41) is 0. The van der Waals surface area contributed by atoms with E-state index in [9.17, 15) is 0 Å². The molecule has 0 saturated heterocycles. The van der Waals surface area contributed by atoms with Crippen LogP contribution in [0.4, 0.5) is 0 Å². The Kier molecular flexibility index (Phi) is 12.0. The van der Waals surface area contributed by atoms with Crippen LogP contribution in [0.25, 0.3) is 11.1 Å². The van der Waals surface area contributed by atoms with Crippen molar-refractivity contribution in [2.24, 2.45) is 0 Å². The van der Waals surface area contributed by atoms with Crippen molar-refractivity contribution in [3.63, 3.8) is 0 Å². The van der Waals surface area contributed by atoms with Crippen LogP contribution in [0.15, 0.2) is 72.8 Å². The summed E-state index contributed by atoms with van der Waals surface area (Å²) in [6.45, 7) is 10.8. The average molecular weight is 553 g/mol. The van der Waals surface area contributed by atoms with Crippen molar-refractivity contribution in [1.29, 1.82) is 0 Å². The number of unbranched alkanes of at least 4 members (excludes halogenated alkanes) is 10. The topological polar surface area (TPSA) is 18.5 Å². The van der Waals surface area contributed by atoms with Gasteiger partial charge in [0.2, 0.25) is 0 Å². The molecular formula is C39H52O2. The molecular weight excluding hydrogens is 500 g/mol. The Hall–Kier alpha value is -3.00. The van der Waals surface area contributed by atoms with Gasteiger partial charge < -0.3 is 9.47 Å². The highest BCUT2D eigenvalue weighted by atomic mass is 16.5. The molecule has 0 aliphatic heterocycles. The smallest absolute Gasteiger partial charge is 0.119 e. The number of rotatable bonds is 18. The number of ether oxygens (including phenoxy) is 2. The van der Waals surface area contributed by atoms with E-state index in [1.54, 1.807) is 0 Å². The molecule has 0 bridgehead atoms. The molecule has 0 heterocycles. The molecule has 3 aromatic carbocycles. The first-order valence-corrected chi connectivity index (χ1v) is 16.4. The number of allylic oxidation sites excluding steroid dienone is 1. The SMILES string of the molecule is CCCCCCCCOc1ccc(C2=C(c3ccc(OCCCCCCCC)cc3)C(C)(C)c3ccccc32)cc1. The van der Waals surface area contributed by atoms with E-state index < -0.39 is 0 Å². The van der Waals surface area contributed by atoms with E-state index in [0.29, 0.717) is 0 Å². The lowest BCUT2D eigenvalue weighted by Gasteiger charge is -2.25. The second-order valence-electron chi connectivity index (χ2n) is 12.2. The molecule has 0 N–H and O–H groups in total. The molecule has 41 heavy (non-hydrogen) atoms. The number of hydrogen-bond acceptors (Lipinski definition) is 2. The van der Waals surface area contributed by atoms with Gasteiger partial charge in [0.1, 0.15) is 11.5 Å². The van der Waals surface area contributed by atoms with Gasteiger partial charge in [-0.15, -0.1) is 0 Å². The largest absolute Gasteiger partial charge is 0.494 e. The van der Waals surface area contributed by atoms with Crippen LogP contribution in [0.3, 0.4) is 0 Å². The maximum absolute atomic E-state index is 6.10. The molecule has 0 spiro atoms. The molecule has 0 radical (unpaired) electrons. The first-order valence-electron chi connectivity index (χ1n) is 16.4. The number of fused-ring (bicyclic) bond motifs is 1. The Morgan fingerprint density at radius 1 is 0.512 bits per heavy atom. The summed E-state index contributed by atoms with van der Waals surface area (Å²) in [5.41, 5.74) is 7.83.